The second-order valence-electron chi connectivity index (χ2n) is 4.03. The highest BCUT2D eigenvalue weighted by atomic mass is 32.1. The summed E-state index contributed by atoms with van der Waals surface area (Å²) in [4.78, 5) is 24.0. The van der Waals surface area contributed by atoms with Gasteiger partial charge < -0.3 is 15.4 Å². The minimum atomic E-state index is -0.351. The van der Waals surface area contributed by atoms with Gasteiger partial charge in [0.05, 0.1) is 24.5 Å². The van der Waals surface area contributed by atoms with Gasteiger partial charge in [-0.25, -0.2) is 19.7 Å². The van der Waals surface area contributed by atoms with Crippen LogP contribution in [0.5, 0.6) is 0 Å². The number of nitrogens with one attached hydrogen (secondary N) is 3. The van der Waals surface area contributed by atoms with Crippen LogP contribution in [0.25, 0.3) is 0 Å². The summed E-state index contributed by atoms with van der Waals surface area (Å²) < 4.78 is 4.97. The van der Waals surface area contributed by atoms with Gasteiger partial charge in [-0.2, -0.15) is 0 Å². The first-order chi connectivity index (χ1) is 10.2. The van der Waals surface area contributed by atoms with Gasteiger partial charge in [-0.15, -0.1) is 11.3 Å². The van der Waals surface area contributed by atoms with Crippen molar-refractivity contribution in [2.45, 2.75) is 13.2 Å². The van der Waals surface area contributed by atoms with E-state index in [4.69, 9.17) is 4.74 Å². The summed E-state index contributed by atoms with van der Waals surface area (Å²) >= 11 is 1.48. The fourth-order valence-electron chi connectivity index (χ4n) is 1.53. The van der Waals surface area contributed by atoms with Crippen molar-refractivity contribution in [1.29, 1.82) is 0 Å². The maximum Gasteiger partial charge on any atom is 0.320 e. The number of anilines is 2. The Hall–Kier alpha value is -2.26. The number of aromatic nitrogens is 3. The van der Waals surface area contributed by atoms with Gasteiger partial charge in [0.2, 0.25) is 0 Å². The van der Waals surface area contributed by atoms with E-state index in [9.17, 15) is 4.79 Å². The van der Waals surface area contributed by atoms with Crippen molar-refractivity contribution < 1.29 is 9.53 Å². The molecule has 0 atom stereocenters. The van der Waals surface area contributed by atoms with Crippen molar-refractivity contribution in [3.05, 3.63) is 29.2 Å². The molecule has 2 rings (SSSR count). The second-order valence-corrected chi connectivity index (χ2v) is 4.89. The van der Waals surface area contributed by atoms with Gasteiger partial charge in [0.15, 0.2) is 5.13 Å². The Morgan fingerprint density at radius 2 is 2.24 bits per heavy atom. The van der Waals surface area contributed by atoms with Crippen LogP contribution in [0, 0.1) is 0 Å². The lowest BCUT2D eigenvalue weighted by Gasteiger charge is -2.06. The zero-order chi connectivity index (χ0) is 15.1. The Morgan fingerprint density at radius 1 is 1.38 bits per heavy atom. The second kappa shape index (κ2) is 7.50. The smallest absolute Gasteiger partial charge is 0.320 e. The molecule has 0 aromatic carbocycles. The van der Waals surface area contributed by atoms with Crippen LogP contribution >= 0.6 is 11.3 Å². The molecule has 0 aliphatic rings. The fourth-order valence-corrected chi connectivity index (χ4v) is 2.20. The molecule has 0 radical (unpaired) electrons. The summed E-state index contributed by atoms with van der Waals surface area (Å²) in [5, 5.41) is 11.0. The minimum Gasteiger partial charge on any atom is -0.378 e. The van der Waals surface area contributed by atoms with Gasteiger partial charge in [0.1, 0.15) is 12.1 Å². The molecular weight excluding hydrogens is 292 g/mol. The Kier molecular flexibility index (Phi) is 5.41. The molecule has 0 unspecified atom stereocenters. The number of carbonyl (C=O) groups is 1. The largest absolute Gasteiger partial charge is 0.378 e. The summed E-state index contributed by atoms with van der Waals surface area (Å²) in [5.74, 6) is 0.420. The summed E-state index contributed by atoms with van der Waals surface area (Å²) in [6.45, 7) is 0.713. The Morgan fingerprint density at radius 3 is 2.95 bits per heavy atom. The first-order valence-corrected chi connectivity index (χ1v) is 7.06. The molecule has 0 aliphatic carbocycles. The third kappa shape index (κ3) is 4.65. The Labute approximate surface area is 126 Å². The predicted octanol–water partition coefficient (Wildman–Crippen LogP) is 1.44. The molecule has 8 nitrogen and oxygen atoms in total. The molecule has 112 valence electrons. The molecule has 0 spiro atoms. The number of rotatable bonds is 6. The van der Waals surface area contributed by atoms with Crippen LogP contribution < -0.4 is 16.0 Å². The molecule has 0 fully saturated rings. The first-order valence-electron chi connectivity index (χ1n) is 6.18. The number of urea groups is 1. The van der Waals surface area contributed by atoms with Crippen molar-refractivity contribution in [2.24, 2.45) is 0 Å². The van der Waals surface area contributed by atoms with Crippen LogP contribution in [0.1, 0.15) is 11.4 Å². The summed E-state index contributed by atoms with van der Waals surface area (Å²) in [6, 6.07) is 1.31. The van der Waals surface area contributed by atoms with E-state index in [0.29, 0.717) is 24.7 Å². The number of amides is 2. The lowest BCUT2D eigenvalue weighted by atomic mass is 10.4. The Balaban J connectivity index is 1.85. The van der Waals surface area contributed by atoms with E-state index in [1.165, 1.54) is 17.7 Å². The van der Waals surface area contributed by atoms with Gasteiger partial charge in [-0.3, -0.25) is 5.32 Å². The van der Waals surface area contributed by atoms with Crippen molar-refractivity contribution >= 4 is 28.3 Å². The average molecular weight is 308 g/mol. The maximum absolute atomic E-state index is 11.8. The molecule has 3 N–H and O–H groups in total. The van der Waals surface area contributed by atoms with Gasteiger partial charge in [-0.1, -0.05) is 0 Å². The van der Waals surface area contributed by atoms with E-state index in [-0.39, 0.29) is 6.03 Å². The van der Waals surface area contributed by atoms with Gasteiger partial charge in [0.25, 0.3) is 0 Å². The number of nitrogens with zero attached hydrogens (tertiary/aromatic N) is 3. The van der Waals surface area contributed by atoms with Crippen molar-refractivity contribution in [3.63, 3.8) is 0 Å². The van der Waals surface area contributed by atoms with E-state index in [0.717, 1.165) is 10.8 Å². The normalized spacial score (nSPS) is 10.2. The summed E-state index contributed by atoms with van der Waals surface area (Å²) in [5.41, 5.74) is 1.49. The lowest BCUT2D eigenvalue weighted by molar-refractivity contribution is 0.181. The van der Waals surface area contributed by atoms with E-state index in [1.54, 1.807) is 20.2 Å². The number of methoxy groups -OCH3 is 1. The number of hydrogen-bond donors (Lipinski definition) is 3. The molecule has 0 saturated heterocycles. The topological polar surface area (TPSA) is 101 Å². The number of carbonyl (C=O) groups excluding carboxylic acids is 1. The average Bonchev–Trinajstić information content (AvgIpc) is 2.94. The highest BCUT2D eigenvalue weighted by Crippen LogP contribution is 2.14. The van der Waals surface area contributed by atoms with Crippen LogP contribution in [0.4, 0.5) is 15.7 Å². The Bertz CT molecular complexity index is 603. The van der Waals surface area contributed by atoms with Gasteiger partial charge >= 0.3 is 6.03 Å². The van der Waals surface area contributed by atoms with E-state index < -0.39 is 0 Å². The molecular formula is C12H16N6O2S. The molecule has 2 aromatic rings. The molecule has 2 heterocycles. The van der Waals surface area contributed by atoms with Crippen molar-refractivity contribution in [2.75, 3.05) is 24.8 Å². The highest BCUT2D eigenvalue weighted by Gasteiger charge is 2.06. The SMILES string of the molecule is CNc1nc(CNC(=O)Nc2cc(COC)ncn2)cs1. The van der Waals surface area contributed by atoms with Crippen LogP contribution in [0.2, 0.25) is 0 Å². The quantitative estimate of drug-likeness (QED) is 0.746. The number of ether oxygens (including phenoxy) is 1. The third-order valence-corrected chi connectivity index (χ3v) is 3.36. The van der Waals surface area contributed by atoms with Crippen molar-refractivity contribution in [1.82, 2.24) is 20.3 Å². The van der Waals surface area contributed by atoms with Crippen LogP contribution in [-0.4, -0.2) is 35.1 Å². The number of thiazole rings is 1. The van der Waals surface area contributed by atoms with Crippen LogP contribution in [0.15, 0.2) is 17.8 Å². The standard InChI is InChI=1S/C12H16N6O2S/c1-13-12-17-9(6-21-12)4-14-11(19)18-10-3-8(5-20-2)15-7-16-10/h3,6-7H,4-5H2,1-2H3,(H,13,17)(H2,14,15,16,18,19). The minimum absolute atomic E-state index is 0.347. The fraction of sp³-hybridized carbons (Fsp3) is 0.333. The molecule has 21 heavy (non-hydrogen) atoms. The summed E-state index contributed by atoms with van der Waals surface area (Å²) in [6.07, 6.45) is 1.38. The van der Waals surface area contributed by atoms with Gasteiger partial charge in [-0.05, 0) is 0 Å². The third-order valence-electron chi connectivity index (χ3n) is 2.45. The van der Waals surface area contributed by atoms with Crippen LogP contribution in [-0.2, 0) is 17.9 Å². The molecule has 0 saturated carbocycles. The molecule has 0 bridgehead atoms. The van der Waals surface area contributed by atoms with E-state index in [2.05, 4.69) is 30.9 Å². The maximum atomic E-state index is 11.8. The lowest BCUT2D eigenvalue weighted by Crippen LogP contribution is -2.28. The monoisotopic (exact) mass is 308 g/mol. The zero-order valence-electron chi connectivity index (χ0n) is 11.7. The molecule has 2 aromatic heterocycles. The van der Waals surface area contributed by atoms with E-state index >= 15 is 0 Å². The zero-order valence-corrected chi connectivity index (χ0v) is 12.5. The van der Waals surface area contributed by atoms with E-state index in [1.807, 2.05) is 5.38 Å². The van der Waals surface area contributed by atoms with Crippen LogP contribution in [0.3, 0.4) is 0 Å². The predicted molar refractivity (Wildman–Crippen MR) is 80.3 cm³/mol. The van der Waals surface area contributed by atoms with Crippen molar-refractivity contribution in [3.8, 4) is 0 Å². The van der Waals surface area contributed by atoms with Gasteiger partial charge in [0, 0.05) is 25.6 Å². The molecule has 2 amide bonds. The number of hydrogen-bond acceptors (Lipinski definition) is 7. The highest BCUT2D eigenvalue weighted by molar-refractivity contribution is 7.13. The summed E-state index contributed by atoms with van der Waals surface area (Å²) in [7, 11) is 3.38. The molecule has 9 heteroatoms. The first kappa shape index (κ1) is 15.1. The molecule has 0 aliphatic heterocycles.